The highest BCUT2D eigenvalue weighted by Gasteiger charge is 1.95. The van der Waals surface area contributed by atoms with Gasteiger partial charge in [-0.3, -0.25) is 0 Å². The number of hydrogen-bond donors (Lipinski definition) is 3. The average molecular weight is 208 g/mol. The Balaban J connectivity index is 0.000000921. The van der Waals surface area contributed by atoms with Gasteiger partial charge in [0.05, 0.1) is 5.70 Å². The Morgan fingerprint density at radius 1 is 1.20 bits per heavy atom. The van der Waals surface area contributed by atoms with E-state index in [0.29, 0.717) is 5.70 Å². The monoisotopic (exact) mass is 208 g/mol. The SMILES string of the molecule is CC.CN(N)/C=C(\N)c1ccc(N)cc1. The fourth-order valence-electron chi connectivity index (χ4n) is 0.969. The first-order valence-electron chi connectivity index (χ1n) is 4.90. The maximum Gasteiger partial charge on any atom is 0.0564 e. The van der Waals surface area contributed by atoms with E-state index in [1.807, 2.05) is 26.0 Å². The molecule has 0 aliphatic carbocycles. The van der Waals surface area contributed by atoms with E-state index in [0.717, 1.165) is 11.3 Å². The minimum Gasteiger partial charge on any atom is -0.399 e. The van der Waals surface area contributed by atoms with Crippen molar-refractivity contribution < 1.29 is 0 Å². The van der Waals surface area contributed by atoms with Crippen molar-refractivity contribution in [2.75, 3.05) is 12.8 Å². The van der Waals surface area contributed by atoms with Crippen LogP contribution in [0.25, 0.3) is 5.70 Å². The topological polar surface area (TPSA) is 81.3 Å². The highest BCUT2D eigenvalue weighted by atomic mass is 15.4. The Kier molecular flexibility index (Phi) is 5.97. The second-order valence-electron chi connectivity index (χ2n) is 2.87. The molecule has 1 aromatic rings. The smallest absolute Gasteiger partial charge is 0.0564 e. The van der Waals surface area contributed by atoms with Crippen LogP contribution in [0.1, 0.15) is 19.4 Å². The number of nitrogen functional groups attached to an aromatic ring is 1. The molecule has 0 atom stereocenters. The summed E-state index contributed by atoms with van der Waals surface area (Å²) >= 11 is 0. The van der Waals surface area contributed by atoms with Gasteiger partial charge in [0.25, 0.3) is 0 Å². The fourth-order valence-corrected chi connectivity index (χ4v) is 0.969. The summed E-state index contributed by atoms with van der Waals surface area (Å²) in [6.45, 7) is 4.00. The Bertz CT molecular complexity index is 301. The quantitative estimate of drug-likeness (QED) is 0.389. The Labute approximate surface area is 91.3 Å². The lowest BCUT2D eigenvalue weighted by Gasteiger charge is -2.07. The second kappa shape index (κ2) is 6.73. The summed E-state index contributed by atoms with van der Waals surface area (Å²) in [6.07, 6.45) is 1.64. The average Bonchev–Trinajstić information content (AvgIpc) is 2.20. The molecule has 0 spiro atoms. The van der Waals surface area contributed by atoms with Crippen LogP contribution in [0.4, 0.5) is 5.69 Å². The summed E-state index contributed by atoms with van der Waals surface area (Å²) in [7, 11) is 1.71. The Morgan fingerprint density at radius 3 is 2.07 bits per heavy atom. The summed E-state index contributed by atoms with van der Waals surface area (Å²) in [4.78, 5) is 0. The van der Waals surface area contributed by atoms with E-state index in [9.17, 15) is 0 Å². The lowest BCUT2D eigenvalue weighted by atomic mass is 10.1. The molecule has 0 aliphatic rings. The van der Waals surface area contributed by atoms with Crippen LogP contribution >= 0.6 is 0 Å². The van der Waals surface area contributed by atoms with Gasteiger partial charge in [-0.05, 0) is 17.7 Å². The maximum absolute atomic E-state index is 5.74. The molecule has 0 fully saturated rings. The second-order valence-corrected chi connectivity index (χ2v) is 2.87. The zero-order valence-electron chi connectivity index (χ0n) is 9.57. The van der Waals surface area contributed by atoms with Crippen LogP contribution in [0.2, 0.25) is 0 Å². The zero-order chi connectivity index (χ0) is 11.8. The van der Waals surface area contributed by atoms with Crippen LogP contribution in [-0.2, 0) is 0 Å². The van der Waals surface area contributed by atoms with Crippen molar-refractivity contribution in [2.24, 2.45) is 11.6 Å². The molecule has 0 bridgehead atoms. The predicted molar refractivity (Wildman–Crippen MR) is 66.3 cm³/mol. The van der Waals surface area contributed by atoms with Gasteiger partial charge in [0.1, 0.15) is 0 Å². The van der Waals surface area contributed by atoms with Gasteiger partial charge in [0.15, 0.2) is 0 Å². The van der Waals surface area contributed by atoms with Crippen LogP contribution in [0.3, 0.4) is 0 Å². The number of hydrogen-bond acceptors (Lipinski definition) is 4. The molecule has 1 aromatic carbocycles. The highest BCUT2D eigenvalue weighted by Crippen LogP contribution is 2.11. The minimum atomic E-state index is 0.616. The molecule has 0 aromatic heterocycles. The van der Waals surface area contributed by atoms with Crippen LogP contribution < -0.4 is 17.3 Å². The number of nitrogens with two attached hydrogens (primary N) is 3. The van der Waals surface area contributed by atoms with Crippen LogP contribution in [0.15, 0.2) is 30.5 Å². The van der Waals surface area contributed by atoms with Crippen molar-refractivity contribution in [2.45, 2.75) is 13.8 Å². The molecular weight excluding hydrogens is 188 g/mol. The van der Waals surface area contributed by atoms with Crippen molar-refractivity contribution >= 4 is 11.4 Å². The molecule has 0 unspecified atom stereocenters. The molecule has 4 nitrogen and oxygen atoms in total. The van der Waals surface area contributed by atoms with E-state index in [1.54, 1.807) is 25.4 Å². The molecule has 84 valence electrons. The van der Waals surface area contributed by atoms with Crippen LogP contribution in [0, 0.1) is 0 Å². The number of benzene rings is 1. The van der Waals surface area contributed by atoms with Gasteiger partial charge < -0.3 is 16.5 Å². The van der Waals surface area contributed by atoms with Crippen molar-refractivity contribution in [3.05, 3.63) is 36.0 Å². The predicted octanol–water partition coefficient (Wildman–Crippen LogP) is 1.36. The first kappa shape index (κ1) is 13.3. The van der Waals surface area contributed by atoms with E-state index in [4.69, 9.17) is 17.3 Å². The van der Waals surface area contributed by atoms with Crippen molar-refractivity contribution in [1.29, 1.82) is 0 Å². The Hall–Kier alpha value is -1.68. The lowest BCUT2D eigenvalue weighted by molar-refractivity contribution is 0.486. The van der Waals surface area contributed by atoms with Gasteiger partial charge in [-0.25, -0.2) is 5.84 Å². The molecule has 0 radical (unpaired) electrons. The highest BCUT2D eigenvalue weighted by molar-refractivity contribution is 5.63. The van der Waals surface area contributed by atoms with Gasteiger partial charge in [0.2, 0.25) is 0 Å². The summed E-state index contributed by atoms with van der Waals surface area (Å²) in [6, 6.07) is 7.30. The standard InChI is InChI=1S/C9H14N4.C2H6/c1-13(12)6-9(11)7-2-4-8(10)5-3-7;1-2/h2-6H,10-12H2,1H3;1-2H3/b9-6-;. The summed E-state index contributed by atoms with van der Waals surface area (Å²) in [5.74, 6) is 5.41. The molecule has 4 heteroatoms. The summed E-state index contributed by atoms with van der Waals surface area (Å²) < 4.78 is 0. The molecule has 15 heavy (non-hydrogen) atoms. The van der Waals surface area contributed by atoms with Gasteiger partial charge in [-0.2, -0.15) is 0 Å². The molecule has 0 saturated carbocycles. The fraction of sp³-hybridized carbons (Fsp3) is 0.273. The van der Waals surface area contributed by atoms with Crippen molar-refractivity contribution in [3.63, 3.8) is 0 Å². The first-order valence-corrected chi connectivity index (χ1v) is 4.90. The molecular formula is C11H20N4. The van der Waals surface area contributed by atoms with Gasteiger partial charge >= 0.3 is 0 Å². The van der Waals surface area contributed by atoms with E-state index >= 15 is 0 Å². The van der Waals surface area contributed by atoms with Crippen LogP contribution in [0.5, 0.6) is 0 Å². The molecule has 0 aliphatic heterocycles. The molecule has 6 N–H and O–H groups in total. The maximum atomic E-state index is 5.74. The van der Waals surface area contributed by atoms with Crippen molar-refractivity contribution in [1.82, 2.24) is 5.01 Å². The first-order chi connectivity index (χ1) is 7.09. The summed E-state index contributed by atoms with van der Waals surface area (Å²) in [5, 5.41) is 1.41. The third-order valence-corrected chi connectivity index (χ3v) is 1.59. The van der Waals surface area contributed by atoms with E-state index in [-0.39, 0.29) is 0 Å². The van der Waals surface area contributed by atoms with Gasteiger partial charge in [-0.1, -0.05) is 26.0 Å². The Morgan fingerprint density at radius 2 is 1.67 bits per heavy atom. The molecule has 0 saturated heterocycles. The largest absolute Gasteiger partial charge is 0.399 e. The van der Waals surface area contributed by atoms with Crippen LogP contribution in [-0.4, -0.2) is 12.1 Å². The normalized spacial score (nSPS) is 10.3. The number of hydrazine groups is 1. The molecule has 0 amide bonds. The third-order valence-electron chi connectivity index (χ3n) is 1.59. The van der Waals surface area contributed by atoms with Gasteiger partial charge in [0, 0.05) is 18.9 Å². The molecule has 0 heterocycles. The third kappa shape index (κ3) is 4.93. The van der Waals surface area contributed by atoms with E-state index in [1.165, 1.54) is 5.01 Å². The number of nitrogens with zero attached hydrogens (tertiary/aromatic N) is 1. The summed E-state index contributed by atoms with van der Waals surface area (Å²) in [5.41, 5.74) is 13.5. The van der Waals surface area contributed by atoms with E-state index < -0.39 is 0 Å². The zero-order valence-corrected chi connectivity index (χ0v) is 9.57. The lowest BCUT2D eigenvalue weighted by Crippen LogP contribution is -2.20. The van der Waals surface area contributed by atoms with Crippen molar-refractivity contribution in [3.8, 4) is 0 Å². The number of anilines is 1. The van der Waals surface area contributed by atoms with Gasteiger partial charge in [-0.15, -0.1) is 0 Å². The van der Waals surface area contributed by atoms with E-state index in [2.05, 4.69) is 0 Å². The minimum absolute atomic E-state index is 0.616. The molecule has 1 rings (SSSR count). The number of rotatable bonds is 2.